The first-order valence-corrected chi connectivity index (χ1v) is 10.2. The van der Waals surface area contributed by atoms with Crippen molar-refractivity contribution in [2.24, 2.45) is 0 Å². The molecule has 0 aliphatic carbocycles. The minimum Gasteiger partial charge on any atom is -0.378 e. The predicted molar refractivity (Wildman–Crippen MR) is 118 cm³/mol. The average Bonchev–Trinajstić information content (AvgIpc) is 2.73. The first-order valence-electron chi connectivity index (χ1n) is 10.2. The second kappa shape index (κ2) is 9.43. The van der Waals surface area contributed by atoms with Crippen LogP contribution in [0.3, 0.4) is 0 Å². The van der Waals surface area contributed by atoms with Gasteiger partial charge in [0.2, 0.25) is 17.7 Å². The fourth-order valence-electron chi connectivity index (χ4n) is 3.76. The van der Waals surface area contributed by atoms with Crippen LogP contribution in [0.15, 0.2) is 48.5 Å². The van der Waals surface area contributed by atoms with E-state index in [1.54, 1.807) is 0 Å². The van der Waals surface area contributed by atoms with Crippen molar-refractivity contribution in [3.8, 4) is 0 Å². The highest BCUT2D eigenvalue weighted by Gasteiger charge is 2.32. The highest BCUT2D eigenvalue weighted by Crippen LogP contribution is 2.39. The van der Waals surface area contributed by atoms with Crippen molar-refractivity contribution in [3.05, 3.63) is 54.1 Å². The van der Waals surface area contributed by atoms with Gasteiger partial charge in [-0.25, -0.2) is 0 Å². The second-order valence-corrected chi connectivity index (χ2v) is 7.49. The van der Waals surface area contributed by atoms with Crippen LogP contribution in [0.25, 0.3) is 0 Å². The highest BCUT2D eigenvalue weighted by molar-refractivity contribution is 5.95. The Hall–Kier alpha value is -3.35. The minimum absolute atomic E-state index is 0.0565. The van der Waals surface area contributed by atoms with E-state index in [9.17, 15) is 14.4 Å². The van der Waals surface area contributed by atoms with E-state index in [1.165, 1.54) is 6.92 Å². The topological polar surface area (TPSA) is 90.5 Å². The molecule has 0 unspecified atom stereocenters. The summed E-state index contributed by atoms with van der Waals surface area (Å²) in [7, 11) is 0. The largest absolute Gasteiger partial charge is 0.378 e. The monoisotopic (exact) mass is 408 g/mol. The Morgan fingerprint density at radius 3 is 2.37 bits per heavy atom. The number of para-hydroxylation sites is 1. The summed E-state index contributed by atoms with van der Waals surface area (Å²) in [6, 6.07) is 15.6. The summed E-state index contributed by atoms with van der Waals surface area (Å²) in [6.07, 6.45) is 1.28. The zero-order valence-electron chi connectivity index (χ0n) is 17.6. The van der Waals surface area contributed by atoms with Crippen molar-refractivity contribution in [1.29, 1.82) is 0 Å². The standard InChI is InChI=1S/C23H28N4O3/c1-4-23(30)27-15(2)13-20(19-7-5-6-8-21(19)27)25-17-9-11-18(12-10-17)26-22(29)14-24-16(3)28/h5-12,15,20,25H,4,13-14H2,1-3H3,(H,24,28)(H,26,29)/t15-,20+/m0/s1. The summed E-state index contributed by atoms with van der Waals surface area (Å²) in [5.41, 5.74) is 3.65. The molecule has 0 radical (unpaired) electrons. The molecule has 158 valence electrons. The summed E-state index contributed by atoms with van der Waals surface area (Å²) in [5, 5.41) is 8.78. The van der Waals surface area contributed by atoms with Gasteiger partial charge in [0.15, 0.2) is 0 Å². The van der Waals surface area contributed by atoms with Gasteiger partial charge >= 0.3 is 0 Å². The van der Waals surface area contributed by atoms with Crippen LogP contribution in [0.2, 0.25) is 0 Å². The molecular weight excluding hydrogens is 380 g/mol. The quantitative estimate of drug-likeness (QED) is 0.683. The molecule has 1 heterocycles. The van der Waals surface area contributed by atoms with Gasteiger partial charge in [-0.15, -0.1) is 0 Å². The molecule has 3 amide bonds. The predicted octanol–water partition coefficient (Wildman–Crippen LogP) is 3.45. The molecule has 0 aromatic heterocycles. The van der Waals surface area contributed by atoms with E-state index in [1.807, 2.05) is 54.3 Å². The Kier molecular flexibility index (Phi) is 6.72. The first kappa shape index (κ1) is 21.4. The van der Waals surface area contributed by atoms with Gasteiger partial charge in [0.25, 0.3) is 0 Å². The number of amides is 3. The normalized spacial score (nSPS) is 17.6. The number of nitrogens with zero attached hydrogens (tertiary/aromatic N) is 1. The van der Waals surface area contributed by atoms with E-state index < -0.39 is 0 Å². The number of anilines is 3. The number of fused-ring (bicyclic) bond motifs is 1. The summed E-state index contributed by atoms with van der Waals surface area (Å²) in [6.45, 7) is 5.28. The van der Waals surface area contributed by atoms with E-state index in [-0.39, 0.29) is 36.3 Å². The minimum atomic E-state index is -0.276. The van der Waals surface area contributed by atoms with E-state index >= 15 is 0 Å². The van der Waals surface area contributed by atoms with Crippen molar-refractivity contribution in [3.63, 3.8) is 0 Å². The SMILES string of the molecule is CCC(=O)N1c2ccccc2[C@H](Nc2ccc(NC(=O)CNC(C)=O)cc2)C[C@@H]1C. The Labute approximate surface area is 176 Å². The van der Waals surface area contributed by atoms with Crippen molar-refractivity contribution in [2.75, 3.05) is 22.1 Å². The Morgan fingerprint density at radius 1 is 1.03 bits per heavy atom. The number of hydrogen-bond acceptors (Lipinski definition) is 4. The summed E-state index contributed by atoms with van der Waals surface area (Å²) in [4.78, 5) is 37.1. The lowest BCUT2D eigenvalue weighted by atomic mass is 9.91. The van der Waals surface area contributed by atoms with Crippen molar-refractivity contribution < 1.29 is 14.4 Å². The van der Waals surface area contributed by atoms with Crippen LogP contribution >= 0.6 is 0 Å². The average molecular weight is 409 g/mol. The molecule has 2 aromatic rings. The van der Waals surface area contributed by atoms with Crippen LogP contribution in [0.1, 0.15) is 45.2 Å². The lowest BCUT2D eigenvalue weighted by Crippen LogP contribution is -2.44. The van der Waals surface area contributed by atoms with Crippen molar-refractivity contribution in [1.82, 2.24) is 5.32 Å². The zero-order chi connectivity index (χ0) is 21.7. The number of carbonyl (C=O) groups is 3. The van der Waals surface area contributed by atoms with Crippen LogP contribution in [0.5, 0.6) is 0 Å². The molecule has 3 N–H and O–H groups in total. The summed E-state index contributed by atoms with van der Waals surface area (Å²) < 4.78 is 0. The van der Waals surface area contributed by atoms with Crippen LogP contribution < -0.4 is 20.9 Å². The third kappa shape index (κ3) is 4.97. The third-order valence-corrected chi connectivity index (χ3v) is 5.17. The van der Waals surface area contributed by atoms with E-state index in [0.717, 1.165) is 23.4 Å². The van der Waals surface area contributed by atoms with Crippen LogP contribution in [-0.4, -0.2) is 30.3 Å². The molecular formula is C23H28N4O3. The molecule has 3 rings (SSSR count). The number of hydrogen-bond donors (Lipinski definition) is 3. The van der Waals surface area contributed by atoms with Crippen LogP contribution in [0, 0.1) is 0 Å². The maximum absolute atomic E-state index is 12.5. The van der Waals surface area contributed by atoms with Gasteiger partial charge in [-0.3, -0.25) is 14.4 Å². The van der Waals surface area contributed by atoms with Gasteiger partial charge in [0.05, 0.1) is 12.6 Å². The molecule has 2 atom stereocenters. The fraction of sp³-hybridized carbons (Fsp3) is 0.348. The number of nitrogens with one attached hydrogen (secondary N) is 3. The molecule has 0 fully saturated rings. The van der Waals surface area contributed by atoms with Gasteiger partial charge in [-0.1, -0.05) is 25.1 Å². The number of carbonyl (C=O) groups excluding carboxylic acids is 3. The molecule has 7 heteroatoms. The Morgan fingerprint density at radius 2 is 1.70 bits per heavy atom. The lowest BCUT2D eigenvalue weighted by molar-refractivity contribution is -0.122. The van der Waals surface area contributed by atoms with Crippen LogP contribution in [-0.2, 0) is 14.4 Å². The maximum atomic E-state index is 12.5. The van der Waals surface area contributed by atoms with Gasteiger partial charge in [0, 0.05) is 36.4 Å². The molecule has 1 aliphatic heterocycles. The second-order valence-electron chi connectivity index (χ2n) is 7.49. The fourth-order valence-corrected chi connectivity index (χ4v) is 3.76. The Balaban J connectivity index is 1.71. The highest BCUT2D eigenvalue weighted by atomic mass is 16.2. The Bertz CT molecular complexity index is 926. The molecule has 0 spiro atoms. The molecule has 7 nitrogen and oxygen atoms in total. The van der Waals surface area contributed by atoms with Crippen molar-refractivity contribution >= 4 is 34.8 Å². The number of rotatable bonds is 6. The molecule has 30 heavy (non-hydrogen) atoms. The number of benzene rings is 2. The molecule has 0 saturated carbocycles. The summed E-state index contributed by atoms with van der Waals surface area (Å²) in [5.74, 6) is -0.389. The molecule has 0 bridgehead atoms. The van der Waals surface area contributed by atoms with E-state index in [4.69, 9.17) is 0 Å². The smallest absolute Gasteiger partial charge is 0.243 e. The van der Waals surface area contributed by atoms with Crippen molar-refractivity contribution in [2.45, 2.75) is 45.7 Å². The first-order chi connectivity index (χ1) is 14.4. The van der Waals surface area contributed by atoms with Gasteiger partial charge < -0.3 is 20.9 Å². The van der Waals surface area contributed by atoms with Crippen LogP contribution in [0.4, 0.5) is 17.1 Å². The zero-order valence-corrected chi connectivity index (χ0v) is 17.6. The lowest BCUT2D eigenvalue weighted by Gasteiger charge is -2.40. The van der Waals surface area contributed by atoms with E-state index in [0.29, 0.717) is 12.1 Å². The van der Waals surface area contributed by atoms with Gasteiger partial charge in [-0.05, 0) is 49.2 Å². The van der Waals surface area contributed by atoms with Gasteiger partial charge in [-0.2, -0.15) is 0 Å². The molecule has 0 saturated heterocycles. The maximum Gasteiger partial charge on any atom is 0.243 e. The third-order valence-electron chi connectivity index (χ3n) is 5.17. The molecule has 1 aliphatic rings. The van der Waals surface area contributed by atoms with Gasteiger partial charge in [0.1, 0.15) is 0 Å². The molecule has 2 aromatic carbocycles. The summed E-state index contributed by atoms with van der Waals surface area (Å²) >= 11 is 0. The van der Waals surface area contributed by atoms with E-state index in [2.05, 4.69) is 28.9 Å².